The summed E-state index contributed by atoms with van der Waals surface area (Å²) in [6, 6.07) is 6.80. The predicted octanol–water partition coefficient (Wildman–Crippen LogP) is 1.37. The Morgan fingerprint density at radius 1 is 1.26 bits per heavy atom. The number of hydrogen-bond acceptors (Lipinski definition) is 3. The van der Waals surface area contributed by atoms with Crippen LogP contribution in [0.4, 0.5) is 4.79 Å². The van der Waals surface area contributed by atoms with Crippen LogP contribution in [0.1, 0.15) is 29.3 Å². The van der Waals surface area contributed by atoms with Crippen LogP contribution in [-0.2, 0) is 11.2 Å². The molecule has 1 aliphatic heterocycles. The number of ketones is 1. The lowest BCUT2D eigenvalue weighted by molar-refractivity contribution is -0.124. The first-order chi connectivity index (χ1) is 9.11. The Bertz CT molecular complexity index is 492. The van der Waals surface area contributed by atoms with E-state index in [4.69, 9.17) is 0 Å². The molecule has 2 rings (SSSR count). The number of nitrogens with zero attached hydrogens (tertiary/aromatic N) is 1. The van der Waals surface area contributed by atoms with Crippen LogP contribution in [0.3, 0.4) is 0 Å². The number of urea groups is 1. The maximum absolute atomic E-state index is 12.0. The van der Waals surface area contributed by atoms with Gasteiger partial charge in [-0.2, -0.15) is 0 Å². The van der Waals surface area contributed by atoms with Gasteiger partial charge in [0.15, 0.2) is 5.78 Å². The van der Waals surface area contributed by atoms with Gasteiger partial charge in [-0.05, 0) is 12.0 Å². The Kier molecular flexibility index (Phi) is 3.94. The first kappa shape index (κ1) is 13.3. The summed E-state index contributed by atoms with van der Waals surface area (Å²) in [6.45, 7) is 1.87. The maximum Gasteiger partial charge on any atom is 0.325 e. The molecule has 0 radical (unpaired) electrons. The van der Waals surface area contributed by atoms with E-state index in [1.165, 1.54) is 5.56 Å². The van der Waals surface area contributed by atoms with E-state index in [0.717, 1.165) is 17.7 Å². The minimum absolute atomic E-state index is 0.0262. The summed E-state index contributed by atoms with van der Waals surface area (Å²) in [7, 11) is 0. The number of carbonyl (C=O) groups is 3. The fourth-order valence-electron chi connectivity index (χ4n) is 2.00. The minimum Gasteiger partial charge on any atom is -0.329 e. The quantitative estimate of drug-likeness (QED) is 0.642. The average Bonchev–Trinajstić information content (AvgIpc) is 2.72. The zero-order valence-electron chi connectivity index (χ0n) is 10.8. The summed E-state index contributed by atoms with van der Waals surface area (Å²) in [5, 5.41) is 2.39. The number of amides is 3. The highest BCUT2D eigenvalue weighted by Gasteiger charge is 2.30. The lowest BCUT2D eigenvalue weighted by Gasteiger charge is -2.11. The van der Waals surface area contributed by atoms with E-state index in [0.29, 0.717) is 5.56 Å². The van der Waals surface area contributed by atoms with Crippen LogP contribution in [0.25, 0.3) is 0 Å². The molecule has 1 fully saturated rings. The summed E-state index contributed by atoms with van der Waals surface area (Å²) in [6.07, 6.45) is 2.03. The second kappa shape index (κ2) is 5.65. The van der Waals surface area contributed by atoms with Crippen LogP contribution in [0.15, 0.2) is 24.3 Å². The van der Waals surface area contributed by atoms with Gasteiger partial charge in [0.25, 0.3) is 0 Å². The Labute approximate surface area is 111 Å². The molecule has 5 heteroatoms. The Morgan fingerprint density at radius 2 is 1.95 bits per heavy atom. The van der Waals surface area contributed by atoms with Crippen molar-refractivity contribution >= 4 is 17.7 Å². The normalized spacial score (nSPS) is 14.7. The molecule has 1 N–H and O–H groups in total. The number of nitrogens with one attached hydrogen (secondary N) is 1. The highest BCUT2D eigenvalue weighted by atomic mass is 16.2. The first-order valence-corrected chi connectivity index (χ1v) is 6.32. The van der Waals surface area contributed by atoms with Crippen molar-refractivity contribution in [1.82, 2.24) is 10.2 Å². The number of hydrogen-bond donors (Lipinski definition) is 1. The number of aryl methyl sites for hydroxylation is 1. The molecular weight excluding hydrogens is 244 g/mol. The number of benzene rings is 1. The molecule has 1 aliphatic rings. The van der Waals surface area contributed by atoms with Gasteiger partial charge >= 0.3 is 6.03 Å². The van der Waals surface area contributed by atoms with E-state index >= 15 is 0 Å². The van der Waals surface area contributed by atoms with Crippen molar-refractivity contribution in [2.24, 2.45) is 0 Å². The lowest BCUT2D eigenvalue weighted by Crippen LogP contribution is -2.35. The van der Waals surface area contributed by atoms with Crippen molar-refractivity contribution in [3.8, 4) is 0 Å². The lowest BCUT2D eigenvalue weighted by atomic mass is 10.1. The third-order valence-electron chi connectivity index (χ3n) is 3.05. The average molecular weight is 260 g/mol. The molecule has 0 saturated carbocycles. The number of rotatable bonds is 5. The molecule has 0 aromatic heterocycles. The van der Waals surface area contributed by atoms with Crippen LogP contribution in [0, 0.1) is 0 Å². The van der Waals surface area contributed by atoms with E-state index in [-0.39, 0.29) is 24.8 Å². The third-order valence-corrected chi connectivity index (χ3v) is 3.05. The van der Waals surface area contributed by atoms with Gasteiger partial charge in [0.2, 0.25) is 5.91 Å². The first-order valence-electron chi connectivity index (χ1n) is 6.32. The van der Waals surface area contributed by atoms with Crippen LogP contribution in [-0.4, -0.2) is 35.7 Å². The summed E-state index contributed by atoms with van der Waals surface area (Å²) in [4.78, 5) is 35.6. The molecule has 0 atom stereocenters. The number of imide groups is 1. The SMILES string of the molecule is CCCc1ccc(C(=O)CN2C(=O)CNC2=O)cc1. The molecule has 1 heterocycles. The van der Waals surface area contributed by atoms with Gasteiger partial charge in [0.05, 0.1) is 13.1 Å². The summed E-state index contributed by atoms with van der Waals surface area (Å²) < 4.78 is 0. The molecule has 5 nitrogen and oxygen atoms in total. The maximum atomic E-state index is 12.0. The van der Waals surface area contributed by atoms with Gasteiger partial charge in [-0.25, -0.2) is 4.79 Å². The molecule has 0 aliphatic carbocycles. The number of Topliss-reactive ketones (excluding diaryl/α,β-unsaturated/α-hetero) is 1. The van der Waals surface area contributed by atoms with E-state index in [1.807, 2.05) is 12.1 Å². The Hall–Kier alpha value is -2.17. The summed E-state index contributed by atoms with van der Waals surface area (Å²) >= 11 is 0. The van der Waals surface area contributed by atoms with Crippen molar-refractivity contribution in [2.75, 3.05) is 13.1 Å². The largest absolute Gasteiger partial charge is 0.329 e. The third kappa shape index (κ3) is 2.99. The molecule has 1 aromatic carbocycles. The zero-order chi connectivity index (χ0) is 13.8. The van der Waals surface area contributed by atoms with Crippen molar-refractivity contribution < 1.29 is 14.4 Å². The Balaban J connectivity index is 2.03. The molecule has 0 spiro atoms. The van der Waals surface area contributed by atoms with Gasteiger partial charge in [-0.15, -0.1) is 0 Å². The summed E-state index contributed by atoms with van der Waals surface area (Å²) in [5.74, 6) is -0.589. The van der Waals surface area contributed by atoms with E-state index in [2.05, 4.69) is 12.2 Å². The van der Waals surface area contributed by atoms with Gasteiger partial charge < -0.3 is 5.32 Å². The molecule has 19 heavy (non-hydrogen) atoms. The molecular formula is C14H16N2O3. The monoisotopic (exact) mass is 260 g/mol. The van der Waals surface area contributed by atoms with Crippen LogP contribution in [0.5, 0.6) is 0 Å². The predicted molar refractivity (Wildman–Crippen MR) is 69.9 cm³/mol. The van der Waals surface area contributed by atoms with Crippen LogP contribution in [0.2, 0.25) is 0 Å². The zero-order valence-corrected chi connectivity index (χ0v) is 10.8. The van der Waals surface area contributed by atoms with Crippen molar-refractivity contribution in [1.29, 1.82) is 0 Å². The molecule has 1 saturated heterocycles. The number of carbonyl (C=O) groups excluding carboxylic acids is 3. The second-order valence-corrected chi connectivity index (χ2v) is 4.51. The molecule has 0 bridgehead atoms. The fraction of sp³-hybridized carbons (Fsp3) is 0.357. The molecule has 3 amide bonds. The van der Waals surface area contributed by atoms with Crippen molar-refractivity contribution in [2.45, 2.75) is 19.8 Å². The minimum atomic E-state index is -0.499. The van der Waals surface area contributed by atoms with Gasteiger partial charge in [-0.3, -0.25) is 14.5 Å². The highest BCUT2D eigenvalue weighted by Crippen LogP contribution is 2.09. The van der Waals surface area contributed by atoms with E-state index in [9.17, 15) is 14.4 Å². The fourth-order valence-corrected chi connectivity index (χ4v) is 2.00. The molecule has 0 unspecified atom stereocenters. The van der Waals surface area contributed by atoms with Gasteiger partial charge in [0.1, 0.15) is 0 Å². The summed E-state index contributed by atoms with van der Waals surface area (Å²) in [5.41, 5.74) is 1.70. The Morgan fingerprint density at radius 3 is 2.47 bits per heavy atom. The van der Waals surface area contributed by atoms with Crippen molar-refractivity contribution in [3.63, 3.8) is 0 Å². The van der Waals surface area contributed by atoms with E-state index in [1.54, 1.807) is 12.1 Å². The highest BCUT2D eigenvalue weighted by molar-refractivity contribution is 6.07. The smallest absolute Gasteiger partial charge is 0.325 e. The van der Waals surface area contributed by atoms with Crippen molar-refractivity contribution in [3.05, 3.63) is 35.4 Å². The van der Waals surface area contributed by atoms with Gasteiger partial charge in [-0.1, -0.05) is 37.6 Å². The van der Waals surface area contributed by atoms with Gasteiger partial charge in [0, 0.05) is 5.56 Å². The van der Waals surface area contributed by atoms with Crippen LogP contribution < -0.4 is 5.32 Å². The standard InChI is InChI=1S/C14H16N2O3/c1-2-3-10-4-6-11(7-5-10)12(17)9-16-13(18)8-15-14(16)19/h4-7H,2-3,8-9H2,1H3,(H,15,19). The van der Waals surface area contributed by atoms with E-state index < -0.39 is 6.03 Å². The molecule has 1 aromatic rings. The molecule has 100 valence electrons. The topological polar surface area (TPSA) is 66.5 Å². The van der Waals surface area contributed by atoms with Crippen LogP contribution >= 0.6 is 0 Å². The second-order valence-electron chi connectivity index (χ2n) is 4.51.